The second-order valence-corrected chi connectivity index (χ2v) is 8.23. The van der Waals surface area contributed by atoms with E-state index < -0.39 is 39.6 Å². The molecule has 4 N–H and O–H groups in total. The number of hydrogen-bond acceptors (Lipinski definition) is 6. The zero-order valence-corrected chi connectivity index (χ0v) is 15.4. The zero-order chi connectivity index (χ0) is 20.6. The van der Waals surface area contributed by atoms with Gasteiger partial charge in [0.25, 0.3) is 0 Å². The topological polar surface area (TPSA) is 167 Å². The van der Waals surface area contributed by atoms with Crippen LogP contribution < -0.4 is 15.5 Å². The lowest BCUT2D eigenvalue weighted by molar-refractivity contribution is -0.141. The molecule has 0 saturated carbocycles. The van der Waals surface area contributed by atoms with Crippen molar-refractivity contribution in [2.45, 2.75) is 17.7 Å². The minimum Gasteiger partial charge on any atom is -0.481 e. The first kappa shape index (κ1) is 19.8. The Morgan fingerprint density at radius 2 is 1.64 bits per heavy atom. The molecule has 1 aromatic carbocycles. The lowest BCUT2D eigenvalue weighted by Crippen LogP contribution is -2.46. The van der Waals surface area contributed by atoms with E-state index in [4.69, 9.17) is 10.2 Å². The van der Waals surface area contributed by atoms with Gasteiger partial charge >= 0.3 is 5.97 Å². The number of nitrogens with zero attached hydrogens (tertiary/aromatic N) is 2. The van der Waals surface area contributed by atoms with E-state index in [1.807, 2.05) is 0 Å². The molecule has 0 bridgehead atoms. The summed E-state index contributed by atoms with van der Waals surface area (Å²) in [6, 6.07) is 5.36. The maximum Gasteiger partial charge on any atom is 0.308 e. The number of amides is 3. The molecule has 2 aliphatic rings. The smallest absolute Gasteiger partial charge is 0.308 e. The molecular weight excluding hydrogens is 392 g/mol. The van der Waals surface area contributed by atoms with Crippen molar-refractivity contribution in [3.8, 4) is 0 Å². The summed E-state index contributed by atoms with van der Waals surface area (Å²) in [5.74, 6) is -4.12. The molecule has 11 nitrogen and oxygen atoms in total. The molecular formula is C16H18N4O7S. The summed E-state index contributed by atoms with van der Waals surface area (Å²) < 4.78 is 22.6. The highest BCUT2D eigenvalue weighted by Gasteiger charge is 2.39. The molecule has 2 unspecified atom stereocenters. The second kappa shape index (κ2) is 7.20. The fourth-order valence-electron chi connectivity index (χ4n) is 3.15. The van der Waals surface area contributed by atoms with Crippen LogP contribution in [0.25, 0.3) is 0 Å². The van der Waals surface area contributed by atoms with E-state index in [0.717, 1.165) is 5.01 Å². The van der Waals surface area contributed by atoms with Crippen LogP contribution in [0.5, 0.6) is 0 Å². The van der Waals surface area contributed by atoms with E-state index in [9.17, 15) is 27.6 Å². The highest BCUT2D eigenvalue weighted by molar-refractivity contribution is 7.89. The quantitative estimate of drug-likeness (QED) is 0.539. The number of benzene rings is 1. The summed E-state index contributed by atoms with van der Waals surface area (Å²) in [5, 5.41) is 15.0. The standard InChI is InChI=1S/C16H18N4O7S/c17-28(26,27)12-3-1-11(2-4-12)19-7-9(5-13(19)21)15(23)18-20-8-10(16(24)25)6-14(20)22/h1-4,9-10H,5-8H2,(H,18,23)(H,24,25)(H2,17,26,27). The zero-order valence-electron chi connectivity index (χ0n) is 14.6. The number of nitrogens with one attached hydrogen (secondary N) is 1. The molecule has 0 aliphatic carbocycles. The minimum atomic E-state index is -3.86. The highest BCUT2D eigenvalue weighted by atomic mass is 32.2. The number of hydrazine groups is 1. The van der Waals surface area contributed by atoms with Gasteiger partial charge in [0.1, 0.15) is 0 Å². The Morgan fingerprint density at radius 3 is 2.18 bits per heavy atom. The van der Waals surface area contributed by atoms with E-state index >= 15 is 0 Å². The Hall–Kier alpha value is -2.99. The number of sulfonamides is 1. The van der Waals surface area contributed by atoms with Crippen molar-refractivity contribution in [3.05, 3.63) is 24.3 Å². The molecule has 2 aliphatic heterocycles. The van der Waals surface area contributed by atoms with Gasteiger partial charge in [0, 0.05) is 25.1 Å². The fraction of sp³-hybridized carbons (Fsp3) is 0.375. The number of carboxylic acids is 1. The van der Waals surface area contributed by atoms with Crippen LogP contribution in [0.2, 0.25) is 0 Å². The summed E-state index contributed by atoms with van der Waals surface area (Å²) in [7, 11) is -3.86. The van der Waals surface area contributed by atoms with Crippen LogP contribution >= 0.6 is 0 Å². The van der Waals surface area contributed by atoms with E-state index in [2.05, 4.69) is 5.43 Å². The molecule has 0 aromatic heterocycles. The van der Waals surface area contributed by atoms with Gasteiger partial charge in [0.15, 0.2) is 0 Å². The van der Waals surface area contributed by atoms with Gasteiger partial charge in [-0.05, 0) is 24.3 Å². The van der Waals surface area contributed by atoms with Crippen molar-refractivity contribution in [2.75, 3.05) is 18.0 Å². The molecule has 0 spiro atoms. The number of carbonyl (C=O) groups excluding carboxylic acids is 3. The van der Waals surface area contributed by atoms with Crippen molar-refractivity contribution in [1.29, 1.82) is 0 Å². The molecule has 3 rings (SSSR count). The van der Waals surface area contributed by atoms with Crippen LogP contribution in [-0.2, 0) is 29.2 Å². The third kappa shape index (κ3) is 3.97. The van der Waals surface area contributed by atoms with Gasteiger partial charge in [0.05, 0.1) is 23.3 Å². The number of carboxylic acid groups (broad SMARTS) is 1. The second-order valence-electron chi connectivity index (χ2n) is 6.66. The first-order valence-electron chi connectivity index (χ1n) is 8.33. The average Bonchev–Trinajstić information content (AvgIpc) is 3.18. The Labute approximate surface area is 160 Å². The molecule has 1 aromatic rings. The van der Waals surface area contributed by atoms with Crippen LogP contribution in [0.4, 0.5) is 5.69 Å². The van der Waals surface area contributed by atoms with Gasteiger partial charge in [-0.25, -0.2) is 13.6 Å². The lowest BCUT2D eigenvalue weighted by atomic mass is 10.1. The molecule has 2 heterocycles. The number of aliphatic carboxylic acids is 1. The van der Waals surface area contributed by atoms with Crippen molar-refractivity contribution >= 4 is 39.4 Å². The van der Waals surface area contributed by atoms with Crippen LogP contribution in [0.3, 0.4) is 0 Å². The van der Waals surface area contributed by atoms with Crippen LogP contribution in [0, 0.1) is 11.8 Å². The maximum absolute atomic E-state index is 12.4. The number of rotatable bonds is 5. The van der Waals surface area contributed by atoms with Gasteiger partial charge in [-0.15, -0.1) is 0 Å². The van der Waals surface area contributed by atoms with E-state index in [0.29, 0.717) is 5.69 Å². The number of anilines is 1. The number of nitrogens with two attached hydrogens (primary N) is 1. The molecule has 150 valence electrons. The third-order valence-electron chi connectivity index (χ3n) is 4.69. The SMILES string of the molecule is NS(=O)(=O)c1ccc(N2CC(C(=O)NN3CC(C(=O)O)CC3=O)CC2=O)cc1. The number of hydrogen-bond donors (Lipinski definition) is 3. The van der Waals surface area contributed by atoms with Crippen LogP contribution in [-0.4, -0.2) is 55.3 Å². The molecule has 2 fully saturated rings. The molecule has 2 atom stereocenters. The third-order valence-corrected chi connectivity index (χ3v) is 5.62. The predicted molar refractivity (Wildman–Crippen MR) is 93.9 cm³/mol. The summed E-state index contributed by atoms with van der Waals surface area (Å²) in [6.45, 7) is -0.0803. The fourth-order valence-corrected chi connectivity index (χ4v) is 3.67. The largest absolute Gasteiger partial charge is 0.481 e. The summed E-state index contributed by atoms with van der Waals surface area (Å²) in [4.78, 5) is 48.7. The molecule has 2 saturated heterocycles. The maximum atomic E-state index is 12.4. The van der Waals surface area contributed by atoms with E-state index in [-0.39, 0.29) is 36.7 Å². The average molecular weight is 410 g/mol. The lowest BCUT2D eigenvalue weighted by Gasteiger charge is -2.20. The first-order chi connectivity index (χ1) is 13.1. The van der Waals surface area contributed by atoms with Crippen LogP contribution in [0.15, 0.2) is 29.2 Å². The molecule has 0 radical (unpaired) electrons. The first-order valence-corrected chi connectivity index (χ1v) is 9.88. The van der Waals surface area contributed by atoms with Gasteiger partial charge in [0.2, 0.25) is 27.7 Å². The van der Waals surface area contributed by atoms with Crippen molar-refractivity contribution in [1.82, 2.24) is 10.4 Å². The Balaban J connectivity index is 1.65. The highest BCUT2D eigenvalue weighted by Crippen LogP contribution is 2.26. The minimum absolute atomic E-state index is 0.0454. The van der Waals surface area contributed by atoms with E-state index in [1.54, 1.807) is 0 Å². The van der Waals surface area contributed by atoms with Crippen molar-refractivity contribution in [2.24, 2.45) is 17.0 Å². The normalized spacial score (nSPS) is 22.6. The predicted octanol–water partition coefficient (Wildman–Crippen LogP) is -1.35. The van der Waals surface area contributed by atoms with Gasteiger partial charge < -0.3 is 10.0 Å². The number of primary sulfonamides is 1. The van der Waals surface area contributed by atoms with Crippen LogP contribution in [0.1, 0.15) is 12.8 Å². The monoisotopic (exact) mass is 410 g/mol. The van der Waals surface area contributed by atoms with Gasteiger partial charge in [-0.1, -0.05) is 0 Å². The summed E-state index contributed by atoms with van der Waals surface area (Å²) in [6.07, 6.45) is -0.283. The Kier molecular flexibility index (Phi) is 5.08. The van der Waals surface area contributed by atoms with Gasteiger partial charge in [-0.2, -0.15) is 0 Å². The van der Waals surface area contributed by atoms with Gasteiger partial charge in [-0.3, -0.25) is 29.6 Å². The molecule has 12 heteroatoms. The van der Waals surface area contributed by atoms with E-state index in [1.165, 1.54) is 29.2 Å². The van der Waals surface area contributed by atoms with Crippen molar-refractivity contribution in [3.63, 3.8) is 0 Å². The Bertz CT molecular complexity index is 944. The molecule has 28 heavy (non-hydrogen) atoms. The van der Waals surface area contributed by atoms with Crippen molar-refractivity contribution < 1.29 is 32.7 Å². The summed E-state index contributed by atoms with van der Waals surface area (Å²) >= 11 is 0. The number of carbonyl (C=O) groups is 4. The summed E-state index contributed by atoms with van der Waals surface area (Å²) in [5.41, 5.74) is 2.80. The molecule has 3 amide bonds. The Morgan fingerprint density at radius 1 is 1.04 bits per heavy atom.